The lowest BCUT2D eigenvalue weighted by molar-refractivity contribution is -0.149. The number of ether oxygens (including phenoxy) is 1. The summed E-state index contributed by atoms with van der Waals surface area (Å²) in [6, 6.07) is 30.0. The van der Waals surface area contributed by atoms with Crippen molar-refractivity contribution < 1.29 is 9.53 Å². The molecular weight excluding hydrogens is 382 g/mol. The Bertz CT molecular complexity index is 1020. The zero-order valence-electron chi connectivity index (χ0n) is 17.8. The van der Waals surface area contributed by atoms with E-state index in [1.54, 1.807) is 0 Å². The van der Waals surface area contributed by atoms with Gasteiger partial charge in [-0.2, -0.15) is 0 Å². The van der Waals surface area contributed by atoms with Gasteiger partial charge in [-0.25, -0.2) is 4.79 Å². The van der Waals surface area contributed by atoms with Crippen molar-refractivity contribution in [1.29, 1.82) is 0 Å². The summed E-state index contributed by atoms with van der Waals surface area (Å²) in [5, 5.41) is 0. The van der Waals surface area contributed by atoms with Gasteiger partial charge in [0.05, 0.1) is 12.8 Å². The standard InChI is InChI=1S/C28H27NO2/c1-31-27(30)28(24-18-10-4-11-19-24,25-20-12-5-13-21-25)29-26(22-14-6-2-7-15-22)23-16-8-3-9-17-23/h2-4,6-12,14-20,25H,5,13,21H2,1H3. The minimum atomic E-state index is -1.16. The molecule has 3 aromatic rings. The smallest absolute Gasteiger partial charge is 0.339 e. The molecule has 0 bridgehead atoms. The summed E-state index contributed by atoms with van der Waals surface area (Å²) in [7, 11) is 1.45. The molecule has 3 heteroatoms. The van der Waals surface area contributed by atoms with E-state index in [2.05, 4.69) is 12.2 Å². The maximum Gasteiger partial charge on any atom is 0.339 e. The fourth-order valence-electron chi connectivity index (χ4n) is 4.35. The Morgan fingerprint density at radius 1 is 0.871 bits per heavy atom. The molecule has 3 nitrogen and oxygen atoms in total. The third kappa shape index (κ3) is 4.22. The third-order valence-corrected chi connectivity index (χ3v) is 5.88. The number of allylic oxidation sites excluding steroid dienone is 1. The number of esters is 1. The summed E-state index contributed by atoms with van der Waals surface area (Å²) in [6.07, 6.45) is 7.23. The second kappa shape index (κ2) is 9.57. The first kappa shape index (κ1) is 20.8. The minimum Gasteiger partial charge on any atom is -0.467 e. The zero-order chi connectivity index (χ0) is 21.5. The number of benzene rings is 3. The van der Waals surface area contributed by atoms with Gasteiger partial charge in [0, 0.05) is 17.0 Å². The summed E-state index contributed by atoms with van der Waals surface area (Å²) in [5.41, 5.74) is 2.42. The van der Waals surface area contributed by atoms with Gasteiger partial charge in [0.15, 0.2) is 5.54 Å². The maximum atomic E-state index is 13.6. The van der Waals surface area contributed by atoms with Gasteiger partial charge >= 0.3 is 5.97 Å². The number of hydrogen-bond acceptors (Lipinski definition) is 3. The summed E-state index contributed by atoms with van der Waals surface area (Å²) in [6.45, 7) is 0. The Morgan fingerprint density at radius 3 is 1.90 bits per heavy atom. The van der Waals surface area contributed by atoms with Crippen molar-refractivity contribution in [3.63, 3.8) is 0 Å². The first-order valence-electron chi connectivity index (χ1n) is 10.8. The van der Waals surface area contributed by atoms with E-state index >= 15 is 0 Å². The second-order valence-electron chi connectivity index (χ2n) is 7.78. The molecule has 4 rings (SSSR count). The highest BCUT2D eigenvalue weighted by molar-refractivity contribution is 6.14. The number of aliphatic imine (C=N–C) groups is 1. The number of methoxy groups -OCH3 is 1. The van der Waals surface area contributed by atoms with Crippen molar-refractivity contribution in [2.75, 3.05) is 7.11 Å². The summed E-state index contributed by atoms with van der Waals surface area (Å²) >= 11 is 0. The predicted molar refractivity (Wildman–Crippen MR) is 125 cm³/mol. The molecule has 0 fully saturated rings. The van der Waals surface area contributed by atoms with Gasteiger partial charge in [-0.1, -0.05) is 103 Å². The van der Waals surface area contributed by atoms with Crippen molar-refractivity contribution in [3.05, 3.63) is 120 Å². The van der Waals surface area contributed by atoms with Crippen LogP contribution in [0.3, 0.4) is 0 Å². The number of nitrogens with zero attached hydrogens (tertiary/aromatic N) is 1. The molecule has 31 heavy (non-hydrogen) atoms. The Labute approximate surface area is 184 Å². The van der Waals surface area contributed by atoms with Gasteiger partial charge in [-0.3, -0.25) is 4.99 Å². The normalized spacial score (nSPS) is 17.4. The fourth-order valence-corrected chi connectivity index (χ4v) is 4.35. The molecule has 3 aromatic carbocycles. The van der Waals surface area contributed by atoms with Crippen LogP contribution in [0.4, 0.5) is 0 Å². The average molecular weight is 410 g/mol. The van der Waals surface area contributed by atoms with E-state index in [9.17, 15) is 4.79 Å². The van der Waals surface area contributed by atoms with Crippen LogP contribution in [0.5, 0.6) is 0 Å². The molecule has 0 heterocycles. The molecular formula is C28H27NO2. The molecule has 0 N–H and O–H groups in total. The lowest BCUT2D eigenvalue weighted by atomic mass is 9.73. The molecule has 1 aliphatic rings. The van der Waals surface area contributed by atoms with Gasteiger partial charge in [0.1, 0.15) is 0 Å². The zero-order valence-corrected chi connectivity index (χ0v) is 17.8. The molecule has 0 aliphatic heterocycles. The summed E-state index contributed by atoms with van der Waals surface area (Å²) < 4.78 is 5.42. The highest BCUT2D eigenvalue weighted by Gasteiger charge is 2.48. The lowest BCUT2D eigenvalue weighted by Crippen LogP contribution is -2.43. The van der Waals surface area contributed by atoms with Crippen molar-refractivity contribution in [2.45, 2.75) is 24.8 Å². The Hall–Kier alpha value is -3.46. The first-order valence-corrected chi connectivity index (χ1v) is 10.8. The largest absolute Gasteiger partial charge is 0.467 e. The third-order valence-electron chi connectivity index (χ3n) is 5.88. The molecule has 156 valence electrons. The fraction of sp³-hybridized carbons (Fsp3) is 0.214. The molecule has 0 spiro atoms. The molecule has 1 aliphatic carbocycles. The second-order valence-corrected chi connectivity index (χ2v) is 7.78. The monoisotopic (exact) mass is 409 g/mol. The molecule has 0 aromatic heterocycles. The van der Waals surface area contributed by atoms with Crippen molar-refractivity contribution in [2.24, 2.45) is 10.9 Å². The van der Waals surface area contributed by atoms with Gasteiger partial charge in [0.2, 0.25) is 0 Å². The van der Waals surface area contributed by atoms with Crippen LogP contribution < -0.4 is 0 Å². The molecule has 0 amide bonds. The van der Waals surface area contributed by atoms with E-state index in [0.717, 1.165) is 41.7 Å². The highest BCUT2D eigenvalue weighted by Crippen LogP contribution is 2.42. The Balaban J connectivity index is 2.03. The van der Waals surface area contributed by atoms with E-state index in [1.165, 1.54) is 7.11 Å². The first-order chi connectivity index (χ1) is 15.3. The van der Waals surface area contributed by atoms with E-state index in [-0.39, 0.29) is 11.9 Å². The van der Waals surface area contributed by atoms with Crippen molar-refractivity contribution >= 4 is 11.7 Å². The Kier molecular flexibility index (Phi) is 6.42. The highest BCUT2D eigenvalue weighted by atomic mass is 16.5. The maximum absolute atomic E-state index is 13.6. The quantitative estimate of drug-likeness (QED) is 0.287. The number of carbonyl (C=O) groups is 1. The van der Waals surface area contributed by atoms with Crippen LogP contribution in [-0.4, -0.2) is 18.8 Å². The molecule has 0 radical (unpaired) electrons. The van der Waals surface area contributed by atoms with Crippen LogP contribution in [0, 0.1) is 5.92 Å². The van der Waals surface area contributed by atoms with Gasteiger partial charge in [-0.05, 0) is 24.8 Å². The van der Waals surface area contributed by atoms with Crippen LogP contribution >= 0.6 is 0 Å². The molecule has 2 atom stereocenters. The summed E-state index contributed by atoms with van der Waals surface area (Å²) in [5.74, 6) is -0.418. The van der Waals surface area contributed by atoms with Crippen molar-refractivity contribution in [1.82, 2.24) is 0 Å². The van der Waals surface area contributed by atoms with E-state index < -0.39 is 5.54 Å². The Morgan fingerprint density at radius 2 is 1.42 bits per heavy atom. The SMILES string of the molecule is COC(=O)C(N=C(c1ccccc1)c1ccccc1)(c1ccccc1)C1C=CCCC1. The van der Waals surface area contributed by atoms with Crippen molar-refractivity contribution in [3.8, 4) is 0 Å². The number of hydrogen-bond donors (Lipinski definition) is 0. The van der Waals surface area contributed by atoms with Crippen LogP contribution in [-0.2, 0) is 15.1 Å². The van der Waals surface area contributed by atoms with Crippen LogP contribution in [0.2, 0.25) is 0 Å². The summed E-state index contributed by atoms with van der Waals surface area (Å²) in [4.78, 5) is 18.9. The van der Waals surface area contributed by atoms with Crippen LogP contribution in [0.25, 0.3) is 0 Å². The van der Waals surface area contributed by atoms with E-state index in [4.69, 9.17) is 9.73 Å². The van der Waals surface area contributed by atoms with Crippen LogP contribution in [0.15, 0.2) is 108 Å². The van der Waals surface area contributed by atoms with E-state index in [1.807, 2.05) is 91.0 Å². The van der Waals surface area contributed by atoms with Gasteiger partial charge in [-0.15, -0.1) is 0 Å². The van der Waals surface area contributed by atoms with E-state index in [0.29, 0.717) is 0 Å². The lowest BCUT2D eigenvalue weighted by Gasteiger charge is -2.36. The predicted octanol–water partition coefficient (Wildman–Crippen LogP) is 5.95. The number of rotatable bonds is 6. The number of carbonyl (C=O) groups excluding carboxylic acids is 1. The van der Waals surface area contributed by atoms with Gasteiger partial charge in [0.25, 0.3) is 0 Å². The molecule has 0 saturated heterocycles. The topological polar surface area (TPSA) is 38.7 Å². The average Bonchev–Trinajstić information content (AvgIpc) is 2.87. The molecule has 0 saturated carbocycles. The minimum absolute atomic E-state index is 0.0847. The molecule has 2 unspecified atom stereocenters. The van der Waals surface area contributed by atoms with Crippen LogP contribution in [0.1, 0.15) is 36.0 Å². The van der Waals surface area contributed by atoms with Gasteiger partial charge < -0.3 is 4.74 Å².